The van der Waals surface area contributed by atoms with E-state index in [1.807, 2.05) is 11.9 Å². The van der Waals surface area contributed by atoms with Crippen molar-refractivity contribution in [2.75, 3.05) is 46.9 Å². The predicted molar refractivity (Wildman–Crippen MR) is 58.5 cm³/mol. The van der Waals surface area contributed by atoms with Gasteiger partial charge in [-0.25, -0.2) is 0 Å². The number of likely N-dealkylation sites (tertiary alicyclic amines) is 1. The first kappa shape index (κ1) is 12.4. The van der Waals surface area contributed by atoms with E-state index in [1.165, 1.54) is 0 Å². The summed E-state index contributed by atoms with van der Waals surface area (Å²) in [5.74, 6) is 0.183. The molecule has 0 radical (unpaired) electrons. The molecule has 2 N–H and O–H groups in total. The summed E-state index contributed by atoms with van der Waals surface area (Å²) in [6, 6.07) is 0.0294. The molecule has 0 saturated carbocycles. The molecule has 0 aromatic carbocycles. The first-order chi connectivity index (χ1) is 7.13. The van der Waals surface area contributed by atoms with E-state index in [4.69, 9.17) is 10.5 Å². The van der Waals surface area contributed by atoms with Crippen molar-refractivity contribution in [3.05, 3.63) is 0 Å². The molecule has 0 aliphatic carbocycles. The highest BCUT2D eigenvalue weighted by Crippen LogP contribution is 2.08. The highest BCUT2D eigenvalue weighted by atomic mass is 16.5. The van der Waals surface area contributed by atoms with Gasteiger partial charge in [-0.1, -0.05) is 0 Å². The summed E-state index contributed by atoms with van der Waals surface area (Å²) < 4.78 is 4.98. The number of nitrogens with two attached hydrogens (primary N) is 1. The molecule has 88 valence electrons. The van der Waals surface area contributed by atoms with Crippen LogP contribution in [0.5, 0.6) is 0 Å². The van der Waals surface area contributed by atoms with Gasteiger partial charge < -0.3 is 20.3 Å². The molecule has 0 aromatic rings. The highest BCUT2D eigenvalue weighted by molar-refractivity contribution is 5.79. The number of carbonyl (C=O) groups is 1. The third-order valence-corrected chi connectivity index (χ3v) is 2.67. The van der Waals surface area contributed by atoms with E-state index in [2.05, 4.69) is 4.90 Å². The van der Waals surface area contributed by atoms with Crippen LogP contribution in [0.3, 0.4) is 0 Å². The van der Waals surface area contributed by atoms with Gasteiger partial charge in [0.05, 0.1) is 6.61 Å². The van der Waals surface area contributed by atoms with E-state index in [1.54, 1.807) is 7.11 Å². The van der Waals surface area contributed by atoms with Crippen molar-refractivity contribution in [1.29, 1.82) is 0 Å². The van der Waals surface area contributed by atoms with Crippen LogP contribution in [0.25, 0.3) is 0 Å². The lowest BCUT2D eigenvalue weighted by Gasteiger charge is -2.21. The Hall–Kier alpha value is -0.650. The van der Waals surface area contributed by atoms with Gasteiger partial charge in [-0.15, -0.1) is 0 Å². The summed E-state index contributed by atoms with van der Waals surface area (Å²) in [6.07, 6.45) is 0.502. The van der Waals surface area contributed by atoms with Crippen molar-refractivity contribution >= 4 is 5.91 Å². The second-order valence-corrected chi connectivity index (χ2v) is 4.10. The predicted octanol–water partition coefficient (Wildman–Crippen LogP) is -0.876. The summed E-state index contributed by atoms with van der Waals surface area (Å²) in [6.45, 7) is 3.97. The van der Waals surface area contributed by atoms with Crippen LogP contribution in [-0.2, 0) is 9.53 Å². The number of likely N-dealkylation sites (N-methyl/N-ethyl adjacent to an activating group) is 1. The van der Waals surface area contributed by atoms with Gasteiger partial charge in [-0.3, -0.25) is 4.79 Å². The van der Waals surface area contributed by atoms with Crippen molar-refractivity contribution in [3.8, 4) is 0 Å². The van der Waals surface area contributed by atoms with Gasteiger partial charge in [0.2, 0.25) is 5.91 Å². The fourth-order valence-electron chi connectivity index (χ4n) is 1.67. The van der Waals surface area contributed by atoms with Gasteiger partial charge >= 0.3 is 0 Å². The number of ether oxygens (including phenoxy) is 1. The first-order valence-electron chi connectivity index (χ1n) is 5.34. The fourth-order valence-corrected chi connectivity index (χ4v) is 1.67. The van der Waals surface area contributed by atoms with Gasteiger partial charge in [0.1, 0.15) is 0 Å². The topological polar surface area (TPSA) is 58.8 Å². The van der Waals surface area contributed by atoms with E-state index >= 15 is 0 Å². The Labute approximate surface area is 91.2 Å². The summed E-state index contributed by atoms with van der Waals surface area (Å²) in [4.78, 5) is 15.4. The lowest BCUT2D eigenvalue weighted by Crippen LogP contribution is -2.36. The number of rotatable bonds is 6. The Kier molecular flexibility index (Phi) is 5.01. The van der Waals surface area contributed by atoms with Gasteiger partial charge in [-0.2, -0.15) is 0 Å². The lowest BCUT2D eigenvalue weighted by atomic mass is 10.3. The van der Waals surface area contributed by atoms with Crippen molar-refractivity contribution in [2.45, 2.75) is 12.5 Å². The Balaban J connectivity index is 2.16. The molecule has 1 unspecified atom stereocenters. The maximum absolute atomic E-state index is 11.4. The van der Waals surface area contributed by atoms with E-state index in [0.29, 0.717) is 13.0 Å². The zero-order valence-electron chi connectivity index (χ0n) is 9.61. The average molecular weight is 215 g/mol. The van der Waals surface area contributed by atoms with E-state index < -0.39 is 0 Å². The third kappa shape index (κ3) is 4.15. The third-order valence-electron chi connectivity index (χ3n) is 2.67. The molecular weight excluding hydrogens is 194 g/mol. The quantitative estimate of drug-likeness (QED) is 0.625. The zero-order valence-corrected chi connectivity index (χ0v) is 9.61. The van der Waals surface area contributed by atoms with E-state index in [0.717, 1.165) is 26.2 Å². The molecule has 1 fully saturated rings. The first-order valence-corrected chi connectivity index (χ1v) is 5.34. The van der Waals surface area contributed by atoms with Crippen molar-refractivity contribution in [2.24, 2.45) is 5.73 Å². The van der Waals surface area contributed by atoms with Crippen LogP contribution in [0.4, 0.5) is 0 Å². The second kappa shape index (κ2) is 6.05. The Bertz CT molecular complexity index is 211. The number of methoxy groups -OCH3 is 1. The average Bonchev–Trinajstić information content (AvgIpc) is 2.51. The van der Waals surface area contributed by atoms with Crippen molar-refractivity contribution < 1.29 is 9.53 Å². The Morgan fingerprint density at radius 1 is 1.60 bits per heavy atom. The van der Waals surface area contributed by atoms with Gasteiger partial charge in [0.15, 0.2) is 0 Å². The number of carbonyl (C=O) groups excluding carboxylic acids is 1. The maximum atomic E-state index is 11.4. The lowest BCUT2D eigenvalue weighted by molar-refractivity contribution is -0.127. The molecular formula is C10H21N3O2. The van der Waals surface area contributed by atoms with Crippen LogP contribution in [0.1, 0.15) is 6.42 Å². The number of hydrogen-bond acceptors (Lipinski definition) is 4. The van der Waals surface area contributed by atoms with Crippen LogP contribution in [0.15, 0.2) is 0 Å². The van der Waals surface area contributed by atoms with Crippen LogP contribution in [0.2, 0.25) is 0 Å². The molecule has 0 aromatic heterocycles. The minimum atomic E-state index is 0.0294. The number of amides is 1. The molecule has 1 rings (SSSR count). The maximum Gasteiger partial charge on any atom is 0.224 e. The molecule has 5 heteroatoms. The summed E-state index contributed by atoms with van der Waals surface area (Å²) >= 11 is 0. The van der Waals surface area contributed by atoms with Crippen LogP contribution >= 0.6 is 0 Å². The SMILES string of the molecule is COCCN(C)CCN1CC(N)CC1=O. The molecule has 15 heavy (non-hydrogen) atoms. The molecule has 0 spiro atoms. The molecule has 5 nitrogen and oxygen atoms in total. The van der Waals surface area contributed by atoms with Crippen LogP contribution in [-0.4, -0.2) is 68.7 Å². The minimum absolute atomic E-state index is 0.0294. The van der Waals surface area contributed by atoms with Crippen LogP contribution in [0, 0.1) is 0 Å². The van der Waals surface area contributed by atoms with Crippen molar-refractivity contribution in [3.63, 3.8) is 0 Å². The monoisotopic (exact) mass is 215 g/mol. The molecule has 1 aliphatic rings. The summed E-state index contributed by atoms with van der Waals surface area (Å²) in [5.41, 5.74) is 5.71. The second-order valence-electron chi connectivity index (χ2n) is 4.10. The highest BCUT2D eigenvalue weighted by Gasteiger charge is 2.26. The number of hydrogen-bond donors (Lipinski definition) is 1. The molecule has 1 amide bonds. The molecule has 1 saturated heterocycles. The smallest absolute Gasteiger partial charge is 0.224 e. The molecule has 1 aliphatic heterocycles. The zero-order chi connectivity index (χ0) is 11.3. The largest absolute Gasteiger partial charge is 0.383 e. The molecule has 0 bridgehead atoms. The molecule has 1 heterocycles. The van der Waals surface area contributed by atoms with Crippen molar-refractivity contribution in [1.82, 2.24) is 9.80 Å². The van der Waals surface area contributed by atoms with Gasteiger partial charge in [0.25, 0.3) is 0 Å². The minimum Gasteiger partial charge on any atom is -0.383 e. The van der Waals surface area contributed by atoms with Gasteiger partial charge in [0, 0.05) is 45.8 Å². The van der Waals surface area contributed by atoms with E-state index in [-0.39, 0.29) is 11.9 Å². The van der Waals surface area contributed by atoms with Crippen LogP contribution < -0.4 is 5.73 Å². The summed E-state index contributed by atoms with van der Waals surface area (Å²) in [5, 5.41) is 0. The number of nitrogens with zero attached hydrogens (tertiary/aromatic N) is 2. The van der Waals surface area contributed by atoms with Gasteiger partial charge in [-0.05, 0) is 7.05 Å². The van der Waals surface area contributed by atoms with E-state index in [9.17, 15) is 4.79 Å². The Morgan fingerprint density at radius 2 is 2.33 bits per heavy atom. The summed E-state index contributed by atoms with van der Waals surface area (Å²) in [7, 11) is 3.72. The Morgan fingerprint density at radius 3 is 2.87 bits per heavy atom. The normalized spacial score (nSPS) is 21.7. The fraction of sp³-hybridized carbons (Fsp3) is 0.900. The molecule has 1 atom stereocenters. The standard InChI is InChI=1S/C10H21N3O2/c1-12(5-6-15-2)3-4-13-8-9(11)7-10(13)14/h9H,3-8,11H2,1-2H3.